The first-order chi connectivity index (χ1) is 15.8. The summed E-state index contributed by atoms with van der Waals surface area (Å²) in [5, 5.41) is 7.30. The van der Waals surface area contributed by atoms with Gasteiger partial charge < -0.3 is 10.1 Å². The van der Waals surface area contributed by atoms with Gasteiger partial charge in [-0.05, 0) is 92.4 Å². The molecule has 2 amide bonds. The van der Waals surface area contributed by atoms with Crippen molar-refractivity contribution in [3.05, 3.63) is 97.4 Å². The predicted molar refractivity (Wildman–Crippen MR) is 137 cm³/mol. The van der Waals surface area contributed by atoms with Crippen LogP contribution in [0.2, 0.25) is 5.02 Å². The van der Waals surface area contributed by atoms with Gasteiger partial charge in [-0.15, -0.1) is 0 Å². The van der Waals surface area contributed by atoms with Crippen molar-refractivity contribution in [2.75, 3.05) is 0 Å². The molecular weight excluding hydrogens is 574 g/mol. The van der Waals surface area contributed by atoms with E-state index in [9.17, 15) is 9.59 Å². The van der Waals surface area contributed by atoms with Gasteiger partial charge in [-0.3, -0.25) is 9.59 Å². The van der Waals surface area contributed by atoms with E-state index >= 15 is 0 Å². The maximum Gasteiger partial charge on any atom is 0.262 e. The van der Waals surface area contributed by atoms with Gasteiger partial charge in [0.05, 0.1) is 16.3 Å². The number of carbonyl (C=O) groups excluding carboxylic acids is 2. The number of hydrogen-bond donors (Lipinski definition) is 2. The van der Waals surface area contributed by atoms with Crippen molar-refractivity contribution in [1.82, 2.24) is 10.7 Å². The van der Waals surface area contributed by atoms with Crippen molar-refractivity contribution >= 4 is 61.5 Å². The van der Waals surface area contributed by atoms with E-state index in [1.807, 2.05) is 48.5 Å². The van der Waals surface area contributed by atoms with Gasteiger partial charge >= 0.3 is 0 Å². The van der Waals surface area contributed by atoms with Crippen molar-refractivity contribution < 1.29 is 14.3 Å². The van der Waals surface area contributed by atoms with Gasteiger partial charge in [-0.25, -0.2) is 5.43 Å². The van der Waals surface area contributed by atoms with Crippen LogP contribution in [-0.2, 0) is 11.4 Å². The number of amides is 2. The molecule has 3 rings (SSSR count). The van der Waals surface area contributed by atoms with Crippen LogP contribution in [0.1, 0.15) is 28.4 Å². The van der Waals surface area contributed by atoms with Crippen LogP contribution in [0.4, 0.5) is 0 Å². The Morgan fingerprint density at radius 1 is 1.06 bits per heavy atom. The Hall–Kier alpha value is -2.68. The van der Waals surface area contributed by atoms with E-state index in [2.05, 4.69) is 47.7 Å². The Labute approximate surface area is 213 Å². The Bertz CT molecular complexity index is 1170. The maximum absolute atomic E-state index is 12.3. The first kappa shape index (κ1) is 25.0. The van der Waals surface area contributed by atoms with Crippen LogP contribution in [0, 0.1) is 0 Å². The van der Waals surface area contributed by atoms with E-state index in [4.69, 9.17) is 16.3 Å². The number of ether oxygens (including phenoxy) is 1. The summed E-state index contributed by atoms with van der Waals surface area (Å²) in [6, 6.07) is 19.1. The second-order valence-electron chi connectivity index (χ2n) is 7.01. The summed E-state index contributed by atoms with van der Waals surface area (Å²) >= 11 is 12.7. The van der Waals surface area contributed by atoms with Crippen LogP contribution >= 0.6 is 43.5 Å². The monoisotopic (exact) mass is 591 g/mol. The van der Waals surface area contributed by atoms with Crippen LogP contribution < -0.4 is 15.5 Å². The molecule has 0 radical (unpaired) electrons. The Morgan fingerprint density at radius 3 is 2.48 bits per heavy atom. The molecule has 3 aromatic rings. The Morgan fingerprint density at radius 2 is 1.79 bits per heavy atom. The van der Waals surface area contributed by atoms with Crippen LogP contribution in [0.3, 0.4) is 0 Å². The lowest BCUT2D eigenvalue weighted by atomic mass is 10.2. The number of halogens is 3. The third kappa shape index (κ3) is 7.42. The Balaban J connectivity index is 1.51. The Kier molecular flexibility index (Phi) is 9.05. The molecule has 0 bridgehead atoms. The average Bonchev–Trinajstić information content (AvgIpc) is 2.79. The van der Waals surface area contributed by atoms with E-state index in [0.29, 0.717) is 27.4 Å². The first-order valence-corrected chi connectivity index (χ1v) is 11.8. The number of benzene rings is 3. The summed E-state index contributed by atoms with van der Waals surface area (Å²) in [4.78, 5) is 24.6. The SMILES string of the molecule is CC(NC(=O)c1ccccc1Br)C(=O)NN=Cc1ccc(OCc2ccc(Cl)cc2)c(Br)c1. The zero-order valence-corrected chi connectivity index (χ0v) is 21.4. The highest BCUT2D eigenvalue weighted by Gasteiger charge is 2.17. The van der Waals surface area contributed by atoms with E-state index < -0.39 is 11.9 Å². The molecule has 1 atom stereocenters. The van der Waals surface area contributed by atoms with E-state index in [1.54, 1.807) is 25.1 Å². The topological polar surface area (TPSA) is 79.8 Å². The molecule has 6 nitrogen and oxygen atoms in total. The molecule has 0 spiro atoms. The first-order valence-electron chi connectivity index (χ1n) is 9.88. The molecule has 0 aliphatic heterocycles. The van der Waals surface area contributed by atoms with Gasteiger partial charge in [0.25, 0.3) is 11.8 Å². The number of nitrogens with one attached hydrogen (secondary N) is 2. The fourth-order valence-electron chi connectivity index (χ4n) is 2.71. The molecule has 0 saturated heterocycles. The lowest BCUT2D eigenvalue weighted by molar-refractivity contribution is -0.122. The number of carbonyl (C=O) groups is 2. The quantitative estimate of drug-likeness (QED) is 0.259. The van der Waals surface area contributed by atoms with Gasteiger partial charge in [0.2, 0.25) is 0 Å². The third-order valence-electron chi connectivity index (χ3n) is 4.51. The number of rotatable bonds is 8. The molecule has 170 valence electrons. The molecule has 0 saturated carbocycles. The van der Waals surface area contributed by atoms with Gasteiger partial charge in [0.15, 0.2) is 0 Å². The van der Waals surface area contributed by atoms with Gasteiger partial charge in [0.1, 0.15) is 18.4 Å². The highest BCUT2D eigenvalue weighted by molar-refractivity contribution is 9.10. The molecule has 0 aromatic heterocycles. The van der Waals surface area contributed by atoms with Crippen molar-refractivity contribution in [2.45, 2.75) is 19.6 Å². The zero-order chi connectivity index (χ0) is 23.8. The molecule has 1 unspecified atom stereocenters. The molecular formula is C24H20Br2ClN3O3. The van der Waals surface area contributed by atoms with Gasteiger partial charge in [-0.1, -0.05) is 35.9 Å². The summed E-state index contributed by atoms with van der Waals surface area (Å²) < 4.78 is 7.23. The average molecular weight is 594 g/mol. The van der Waals surface area contributed by atoms with Crippen LogP contribution in [0.25, 0.3) is 0 Å². The largest absolute Gasteiger partial charge is 0.488 e. The van der Waals surface area contributed by atoms with E-state index in [1.165, 1.54) is 6.21 Å². The molecule has 0 fully saturated rings. The molecule has 3 aromatic carbocycles. The molecule has 0 aliphatic carbocycles. The van der Waals surface area contributed by atoms with Crippen molar-refractivity contribution in [3.8, 4) is 5.75 Å². The number of hydrazone groups is 1. The summed E-state index contributed by atoms with van der Waals surface area (Å²) in [5.41, 5.74) is 4.64. The summed E-state index contributed by atoms with van der Waals surface area (Å²) in [7, 11) is 0. The van der Waals surface area contributed by atoms with Crippen LogP contribution in [0.15, 0.2) is 80.8 Å². The van der Waals surface area contributed by atoms with Crippen molar-refractivity contribution in [2.24, 2.45) is 5.10 Å². The molecule has 9 heteroatoms. The van der Waals surface area contributed by atoms with Crippen LogP contribution in [0.5, 0.6) is 5.75 Å². The third-order valence-corrected chi connectivity index (χ3v) is 6.07. The van der Waals surface area contributed by atoms with E-state index in [-0.39, 0.29) is 5.91 Å². The fourth-order valence-corrected chi connectivity index (χ4v) is 3.81. The van der Waals surface area contributed by atoms with Gasteiger partial charge in [0, 0.05) is 9.50 Å². The highest BCUT2D eigenvalue weighted by atomic mass is 79.9. The van der Waals surface area contributed by atoms with Crippen molar-refractivity contribution in [1.29, 1.82) is 0 Å². The predicted octanol–water partition coefficient (Wildman–Crippen LogP) is 5.71. The van der Waals surface area contributed by atoms with Gasteiger partial charge in [-0.2, -0.15) is 5.10 Å². The maximum atomic E-state index is 12.3. The molecule has 2 N–H and O–H groups in total. The molecule has 33 heavy (non-hydrogen) atoms. The van der Waals surface area contributed by atoms with Crippen LogP contribution in [-0.4, -0.2) is 24.1 Å². The second-order valence-corrected chi connectivity index (χ2v) is 9.16. The van der Waals surface area contributed by atoms with Crippen molar-refractivity contribution in [3.63, 3.8) is 0 Å². The minimum atomic E-state index is -0.767. The molecule has 0 heterocycles. The highest BCUT2D eigenvalue weighted by Crippen LogP contribution is 2.26. The number of nitrogens with zero attached hydrogens (tertiary/aromatic N) is 1. The minimum absolute atomic E-state index is 0.354. The summed E-state index contributed by atoms with van der Waals surface area (Å²) in [6.45, 7) is 1.99. The summed E-state index contributed by atoms with van der Waals surface area (Å²) in [5.74, 6) is -0.115. The second kappa shape index (κ2) is 12.0. The fraction of sp³-hybridized carbons (Fsp3) is 0.125. The summed E-state index contributed by atoms with van der Waals surface area (Å²) in [6.07, 6.45) is 1.51. The standard InChI is InChI=1S/C24H20Br2ClN3O3/c1-15(29-24(32)19-4-2-3-5-20(19)25)23(31)30-28-13-17-8-11-22(21(26)12-17)33-14-16-6-9-18(27)10-7-16/h2-13,15H,14H2,1H3,(H,29,32)(H,30,31). The smallest absolute Gasteiger partial charge is 0.262 e. The zero-order valence-electron chi connectivity index (χ0n) is 17.5. The molecule has 0 aliphatic rings. The minimum Gasteiger partial charge on any atom is -0.488 e. The number of hydrogen-bond acceptors (Lipinski definition) is 4. The lowest BCUT2D eigenvalue weighted by Gasteiger charge is -2.13. The normalized spacial score (nSPS) is 11.8. The van der Waals surface area contributed by atoms with E-state index in [0.717, 1.165) is 15.6 Å². The lowest BCUT2D eigenvalue weighted by Crippen LogP contribution is -2.43.